The van der Waals surface area contributed by atoms with Gasteiger partial charge in [-0.25, -0.2) is 0 Å². The van der Waals surface area contributed by atoms with Crippen molar-refractivity contribution < 1.29 is 4.79 Å². The summed E-state index contributed by atoms with van der Waals surface area (Å²) in [5, 5.41) is 11.6. The highest BCUT2D eigenvalue weighted by Crippen LogP contribution is 2.21. The molecule has 0 radical (unpaired) electrons. The van der Waals surface area contributed by atoms with Crippen LogP contribution in [-0.2, 0) is 11.2 Å². The van der Waals surface area contributed by atoms with Gasteiger partial charge >= 0.3 is 0 Å². The second kappa shape index (κ2) is 6.51. The minimum Gasteiger partial charge on any atom is -0.355 e. The summed E-state index contributed by atoms with van der Waals surface area (Å²) in [6, 6.07) is 7.31. The summed E-state index contributed by atoms with van der Waals surface area (Å²) in [5.74, 6) is -0.249. The van der Waals surface area contributed by atoms with E-state index in [0.29, 0.717) is 18.0 Å². The first-order valence-corrected chi connectivity index (χ1v) is 5.88. The molecule has 0 heterocycles. The van der Waals surface area contributed by atoms with Crippen molar-refractivity contribution in [3.63, 3.8) is 0 Å². The molecule has 0 unspecified atom stereocenters. The van der Waals surface area contributed by atoms with E-state index >= 15 is 0 Å². The third-order valence-corrected chi connectivity index (χ3v) is 2.97. The highest BCUT2D eigenvalue weighted by molar-refractivity contribution is 9.10. The fourth-order valence-electron chi connectivity index (χ4n) is 1.21. The molecule has 16 heavy (non-hydrogen) atoms. The highest BCUT2D eigenvalue weighted by Gasteiger charge is 2.03. The second-order valence-corrected chi connectivity index (χ2v) is 4.46. The Bertz CT molecular complexity index is 428. The van der Waals surface area contributed by atoms with E-state index in [4.69, 9.17) is 16.9 Å². The van der Waals surface area contributed by atoms with Gasteiger partial charge in [0, 0.05) is 16.0 Å². The Kier molecular flexibility index (Phi) is 5.30. The van der Waals surface area contributed by atoms with Crippen LogP contribution in [0.5, 0.6) is 0 Å². The van der Waals surface area contributed by atoms with Gasteiger partial charge in [-0.15, -0.1) is 0 Å². The predicted molar refractivity (Wildman–Crippen MR) is 66.1 cm³/mol. The molecule has 5 heteroatoms. The molecule has 0 aliphatic rings. The predicted octanol–water partition coefficient (Wildman–Crippen LogP) is 2.67. The second-order valence-electron chi connectivity index (χ2n) is 3.17. The van der Waals surface area contributed by atoms with Crippen molar-refractivity contribution in [3.8, 4) is 6.07 Å². The maximum atomic E-state index is 11.0. The van der Waals surface area contributed by atoms with Crippen LogP contribution in [0.15, 0.2) is 22.7 Å². The summed E-state index contributed by atoms with van der Waals surface area (Å²) in [5.41, 5.74) is 1.03. The first-order valence-electron chi connectivity index (χ1n) is 4.71. The van der Waals surface area contributed by atoms with E-state index < -0.39 is 0 Å². The van der Waals surface area contributed by atoms with Gasteiger partial charge in [-0.05, 0) is 30.2 Å². The van der Waals surface area contributed by atoms with Crippen LogP contribution in [0.4, 0.5) is 0 Å². The van der Waals surface area contributed by atoms with Crippen molar-refractivity contribution in [1.82, 2.24) is 5.32 Å². The van der Waals surface area contributed by atoms with Gasteiger partial charge < -0.3 is 5.32 Å². The number of hydrogen-bond acceptors (Lipinski definition) is 2. The molecule has 84 valence electrons. The fourth-order valence-corrected chi connectivity index (χ4v) is 1.85. The summed E-state index contributed by atoms with van der Waals surface area (Å²) in [6.07, 6.45) is 0.578. The zero-order valence-corrected chi connectivity index (χ0v) is 10.8. The molecule has 1 aromatic rings. The van der Waals surface area contributed by atoms with Gasteiger partial charge in [0.05, 0.1) is 6.07 Å². The minimum absolute atomic E-state index is 0.100. The average molecular weight is 302 g/mol. The molecule has 0 aliphatic heterocycles. The highest BCUT2D eigenvalue weighted by atomic mass is 79.9. The molecule has 3 nitrogen and oxygen atoms in total. The Morgan fingerprint density at radius 3 is 3.00 bits per heavy atom. The van der Waals surface area contributed by atoms with Crippen LogP contribution in [-0.4, -0.2) is 12.5 Å². The summed E-state index contributed by atoms with van der Waals surface area (Å²) >= 11 is 9.26. The maximum absolute atomic E-state index is 11.0. The standard InChI is InChI=1S/C11H10BrClN2O/c12-10-2-1-9(13)7-8(10)4-6-15-11(16)3-5-14/h1-2,7H,3-4,6H2,(H,15,16). The Labute approximate surface area is 108 Å². The van der Waals surface area contributed by atoms with Crippen LogP contribution in [0.1, 0.15) is 12.0 Å². The lowest BCUT2D eigenvalue weighted by Gasteiger charge is -2.06. The van der Waals surface area contributed by atoms with Crippen molar-refractivity contribution in [1.29, 1.82) is 5.26 Å². The lowest BCUT2D eigenvalue weighted by Crippen LogP contribution is -2.24. The SMILES string of the molecule is N#CCC(=O)NCCc1cc(Cl)ccc1Br. The Morgan fingerprint density at radius 2 is 2.31 bits per heavy atom. The van der Waals surface area contributed by atoms with Crippen LogP contribution in [0.25, 0.3) is 0 Å². The summed E-state index contributed by atoms with van der Waals surface area (Å²) in [4.78, 5) is 11.0. The van der Waals surface area contributed by atoms with Crippen LogP contribution >= 0.6 is 27.5 Å². The minimum atomic E-state index is -0.249. The largest absolute Gasteiger partial charge is 0.355 e. The molecule has 0 aromatic heterocycles. The summed E-state index contributed by atoms with van der Waals surface area (Å²) < 4.78 is 0.964. The lowest BCUT2D eigenvalue weighted by molar-refractivity contribution is -0.120. The molecule has 1 N–H and O–H groups in total. The van der Waals surface area contributed by atoms with E-state index in [1.165, 1.54) is 0 Å². The lowest BCUT2D eigenvalue weighted by atomic mass is 10.1. The van der Waals surface area contributed by atoms with Crippen molar-refractivity contribution in [2.75, 3.05) is 6.54 Å². The van der Waals surface area contributed by atoms with Crippen molar-refractivity contribution in [2.24, 2.45) is 0 Å². The van der Waals surface area contributed by atoms with Gasteiger partial charge in [0.15, 0.2) is 0 Å². The van der Waals surface area contributed by atoms with Crippen molar-refractivity contribution in [3.05, 3.63) is 33.3 Å². The van der Waals surface area contributed by atoms with E-state index in [0.717, 1.165) is 10.0 Å². The number of hydrogen-bond donors (Lipinski definition) is 1. The molecule has 0 spiro atoms. The molecule has 1 aromatic carbocycles. The zero-order chi connectivity index (χ0) is 12.0. The van der Waals surface area contributed by atoms with Crippen molar-refractivity contribution >= 4 is 33.4 Å². The number of rotatable bonds is 4. The maximum Gasteiger partial charge on any atom is 0.234 e. The van der Waals surface area contributed by atoms with Gasteiger partial charge in [0.25, 0.3) is 0 Å². The van der Waals surface area contributed by atoms with Crippen LogP contribution in [0, 0.1) is 11.3 Å². The van der Waals surface area contributed by atoms with E-state index in [1.807, 2.05) is 12.1 Å². The molecule has 0 aliphatic carbocycles. The molecule has 1 amide bonds. The summed E-state index contributed by atoms with van der Waals surface area (Å²) in [6.45, 7) is 0.499. The van der Waals surface area contributed by atoms with Crippen LogP contribution in [0.3, 0.4) is 0 Å². The van der Waals surface area contributed by atoms with E-state index in [1.54, 1.807) is 12.1 Å². The van der Waals surface area contributed by atoms with E-state index in [2.05, 4.69) is 21.2 Å². The van der Waals surface area contributed by atoms with Gasteiger partial charge in [0.2, 0.25) is 5.91 Å². The zero-order valence-electron chi connectivity index (χ0n) is 8.46. The Morgan fingerprint density at radius 1 is 1.56 bits per heavy atom. The molecule has 0 fully saturated rings. The normalized spacial score (nSPS) is 9.56. The first kappa shape index (κ1) is 13.0. The number of carbonyl (C=O) groups is 1. The van der Waals surface area contributed by atoms with Gasteiger partial charge in [-0.1, -0.05) is 27.5 Å². The number of nitrogens with zero attached hydrogens (tertiary/aromatic N) is 1. The van der Waals surface area contributed by atoms with Crippen LogP contribution in [0.2, 0.25) is 5.02 Å². The quantitative estimate of drug-likeness (QED) is 0.929. The monoisotopic (exact) mass is 300 g/mol. The van der Waals surface area contributed by atoms with Crippen molar-refractivity contribution in [2.45, 2.75) is 12.8 Å². The third-order valence-electron chi connectivity index (χ3n) is 1.96. The smallest absolute Gasteiger partial charge is 0.234 e. The van der Waals surface area contributed by atoms with E-state index in [9.17, 15) is 4.79 Å². The molecule has 0 atom stereocenters. The number of benzene rings is 1. The van der Waals surface area contributed by atoms with Gasteiger partial charge in [-0.2, -0.15) is 5.26 Å². The number of halogens is 2. The van der Waals surface area contributed by atoms with Crippen LogP contribution < -0.4 is 5.32 Å². The fraction of sp³-hybridized carbons (Fsp3) is 0.273. The van der Waals surface area contributed by atoms with Gasteiger partial charge in [-0.3, -0.25) is 4.79 Å². The molecule has 0 bridgehead atoms. The first-order chi connectivity index (χ1) is 7.63. The number of carbonyl (C=O) groups excluding carboxylic acids is 1. The Hall–Kier alpha value is -1.05. The molecular formula is C11H10BrClN2O. The number of amides is 1. The summed E-state index contributed by atoms with van der Waals surface area (Å²) in [7, 11) is 0. The van der Waals surface area contributed by atoms with Gasteiger partial charge in [0.1, 0.15) is 6.42 Å². The molecule has 1 rings (SSSR count). The Balaban J connectivity index is 2.46. The molecule has 0 saturated carbocycles. The van der Waals surface area contributed by atoms with E-state index in [-0.39, 0.29) is 12.3 Å². The number of nitrogens with one attached hydrogen (secondary N) is 1. The topological polar surface area (TPSA) is 52.9 Å². The molecular weight excluding hydrogens is 291 g/mol. The average Bonchev–Trinajstić information content (AvgIpc) is 2.23. The molecule has 0 saturated heterocycles. The third kappa shape index (κ3) is 4.21. The number of nitriles is 1.